The van der Waals surface area contributed by atoms with E-state index in [0.29, 0.717) is 24.2 Å². The van der Waals surface area contributed by atoms with Crippen molar-refractivity contribution in [3.8, 4) is 11.5 Å². The van der Waals surface area contributed by atoms with Crippen LogP contribution in [-0.2, 0) is 4.79 Å². The molecule has 1 aromatic carbocycles. The lowest BCUT2D eigenvalue weighted by atomic mass is 10.2. The number of anilines is 1. The predicted octanol–water partition coefficient (Wildman–Crippen LogP) is 3.46. The zero-order chi connectivity index (χ0) is 14.7. The van der Waals surface area contributed by atoms with Gasteiger partial charge in [0.05, 0.1) is 5.25 Å². The fourth-order valence-electron chi connectivity index (χ4n) is 2.74. The van der Waals surface area contributed by atoms with Crippen LogP contribution in [0.2, 0.25) is 0 Å². The maximum absolute atomic E-state index is 12.3. The van der Waals surface area contributed by atoms with Gasteiger partial charge >= 0.3 is 0 Å². The van der Waals surface area contributed by atoms with Crippen LogP contribution < -0.4 is 14.8 Å². The lowest BCUT2D eigenvalue weighted by molar-refractivity contribution is -0.115. The number of nitrogens with one attached hydrogen (secondary N) is 1. The molecule has 1 heterocycles. The zero-order valence-electron chi connectivity index (χ0n) is 12.3. The van der Waals surface area contributed by atoms with Crippen LogP contribution >= 0.6 is 11.8 Å². The highest BCUT2D eigenvalue weighted by Gasteiger charge is 2.22. The minimum Gasteiger partial charge on any atom is -0.486 e. The lowest BCUT2D eigenvalue weighted by Gasteiger charge is -2.20. The highest BCUT2D eigenvalue weighted by Crippen LogP contribution is 2.34. The van der Waals surface area contributed by atoms with Crippen molar-refractivity contribution in [2.75, 3.05) is 18.5 Å². The molecule has 1 aliphatic carbocycles. The normalized spacial score (nSPS) is 19.3. The molecule has 5 heteroatoms. The van der Waals surface area contributed by atoms with E-state index in [1.807, 2.05) is 25.1 Å². The summed E-state index contributed by atoms with van der Waals surface area (Å²) in [6.45, 7) is 3.11. The smallest absolute Gasteiger partial charge is 0.237 e. The Morgan fingerprint density at radius 1 is 1.24 bits per heavy atom. The number of rotatable bonds is 4. The van der Waals surface area contributed by atoms with Crippen molar-refractivity contribution in [3.05, 3.63) is 18.2 Å². The summed E-state index contributed by atoms with van der Waals surface area (Å²) in [5.41, 5.74) is 0.767. The standard InChI is InChI=1S/C16H21NO3S/c1-11(21-13-4-2-3-5-13)16(18)17-12-6-7-14-15(10-12)20-9-8-19-14/h6-7,10-11,13H,2-5,8-9H2,1H3,(H,17,18)/t11-/m1/s1. The van der Waals surface area contributed by atoms with Gasteiger partial charge in [0, 0.05) is 17.0 Å². The lowest BCUT2D eigenvalue weighted by Crippen LogP contribution is -2.24. The summed E-state index contributed by atoms with van der Waals surface area (Å²) in [6.07, 6.45) is 5.08. The molecule has 0 radical (unpaired) electrons. The summed E-state index contributed by atoms with van der Waals surface area (Å²) in [7, 11) is 0. The summed E-state index contributed by atoms with van der Waals surface area (Å²) in [5.74, 6) is 1.51. The number of hydrogen-bond acceptors (Lipinski definition) is 4. The number of fused-ring (bicyclic) bond motifs is 1. The van der Waals surface area contributed by atoms with Gasteiger partial charge in [0.2, 0.25) is 5.91 Å². The fraction of sp³-hybridized carbons (Fsp3) is 0.562. The largest absolute Gasteiger partial charge is 0.486 e. The van der Waals surface area contributed by atoms with Gasteiger partial charge in [0.1, 0.15) is 13.2 Å². The van der Waals surface area contributed by atoms with Crippen molar-refractivity contribution >= 4 is 23.4 Å². The van der Waals surface area contributed by atoms with Crippen molar-refractivity contribution in [3.63, 3.8) is 0 Å². The molecule has 1 fully saturated rings. The molecule has 21 heavy (non-hydrogen) atoms. The van der Waals surface area contributed by atoms with E-state index in [9.17, 15) is 4.79 Å². The van der Waals surface area contributed by atoms with E-state index >= 15 is 0 Å². The first kappa shape index (κ1) is 14.6. The second kappa shape index (κ2) is 6.60. The molecule has 1 amide bonds. The number of hydrogen-bond donors (Lipinski definition) is 1. The Balaban J connectivity index is 1.58. The van der Waals surface area contributed by atoms with Gasteiger partial charge < -0.3 is 14.8 Å². The predicted molar refractivity (Wildman–Crippen MR) is 85.4 cm³/mol. The molecule has 0 saturated heterocycles. The molecule has 0 unspecified atom stereocenters. The van der Waals surface area contributed by atoms with Crippen molar-refractivity contribution in [1.82, 2.24) is 0 Å². The number of thioether (sulfide) groups is 1. The minimum absolute atomic E-state index is 0.0266. The topological polar surface area (TPSA) is 47.6 Å². The third kappa shape index (κ3) is 3.64. The Labute approximate surface area is 129 Å². The van der Waals surface area contributed by atoms with Gasteiger partial charge in [-0.1, -0.05) is 12.8 Å². The first-order valence-electron chi connectivity index (χ1n) is 7.58. The summed E-state index contributed by atoms with van der Waals surface area (Å²) in [4.78, 5) is 12.3. The van der Waals surface area contributed by atoms with Gasteiger partial charge in [-0.2, -0.15) is 0 Å². The molecule has 0 aromatic heterocycles. The van der Waals surface area contributed by atoms with Crippen LogP contribution in [-0.4, -0.2) is 29.6 Å². The molecule has 2 aliphatic rings. The van der Waals surface area contributed by atoms with E-state index in [1.54, 1.807) is 11.8 Å². The molecule has 3 rings (SSSR count). The number of ether oxygens (including phenoxy) is 2. The minimum atomic E-state index is -0.0266. The van der Waals surface area contributed by atoms with Gasteiger partial charge in [-0.15, -0.1) is 11.8 Å². The van der Waals surface area contributed by atoms with Gasteiger partial charge in [0.25, 0.3) is 0 Å². The van der Waals surface area contributed by atoms with E-state index in [-0.39, 0.29) is 11.2 Å². The molecule has 1 saturated carbocycles. The molecule has 1 aliphatic heterocycles. The first-order chi connectivity index (χ1) is 10.2. The average molecular weight is 307 g/mol. The van der Waals surface area contributed by atoms with Gasteiger partial charge in [-0.05, 0) is 31.9 Å². The molecule has 0 bridgehead atoms. The Kier molecular flexibility index (Phi) is 4.58. The number of amides is 1. The maximum Gasteiger partial charge on any atom is 0.237 e. The molecule has 1 aromatic rings. The van der Waals surface area contributed by atoms with Crippen LogP contribution in [0.25, 0.3) is 0 Å². The first-order valence-corrected chi connectivity index (χ1v) is 8.52. The average Bonchev–Trinajstić information content (AvgIpc) is 3.00. The summed E-state index contributed by atoms with van der Waals surface area (Å²) in [5, 5.41) is 3.59. The highest BCUT2D eigenvalue weighted by molar-refractivity contribution is 8.01. The van der Waals surface area contributed by atoms with E-state index < -0.39 is 0 Å². The fourth-order valence-corrected chi connectivity index (χ4v) is 4.11. The van der Waals surface area contributed by atoms with Crippen molar-refractivity contribution in [1.29, 1.82) is 0 Å². The van der Waals surface area contributed by atoms with Crippen LogP contribution in [0.1, 0.15) is 32.6 Å². The Morgan fingerprint density at radius 2 is 1.95 bits per heavy atom. The van der Waals surface area contributed by atoms with Crippen LogP contribution in [0.4, 0.5) is 5.69 Å². The van der Waals surface area contributed by atoms with Gasteiger partial charge in [-0.3, -0.25) is 4.79 Å². The maximum atomic E-state index is 12.3. The molecule has 1 N–H and O–H groups in total. The second-order valence-corrected chi connectivity index (χ2v) is 7.18. The second-order valence-electron chi connectivity index (χ2n) is 5.53. The van der Waals surface area contributed by atoms with Crippen LogP contribution in [0.5, 0.6) is 11.5 Å². The molecular weight excluding hydrogens is 286 g/mol. The number of carbonyl (C=O) groups is 1. The molecule has 4 nitrogen and oxygen atoms in total. The number of benzene rings is 1. The van der Waals surface area contributed by atoms with E-state index in [0.717, 1.165) is 11.4 Å². The van der Waals surface area contributed by atoms with Crippen molar-refractivity contribution < 1.29 is 14.3 Å². The molecular formula is C16H21NO3S. The number of carbonyl (C=O) groups excluding carboxylic acids is 1. The third-order valence-electron chi connectivity index (χ3n) is 3.88. The highest BCUT2D eigenvalue weighted by atomic mass is 32.2. The van der Waals surface area contributed by atoms with Gasteiger partial charge in [-0.25, -0.2) is 0 Å². The summed E-state index contributed by atoms with van der Waals surface area (Å²) >= 11 is 1.80. The van der Waals surface area contributed by atoms with Crippen LogP contribution in [0.15, 0.2) is 18.2 Å². The van der Waals surface area contributed by atoms with Gasteiger partial charge in [0.15, 0.2) is 11.5 Å². The van der Waals surface area contributed by atoms with Crippen LogP contribution in [0, 0.1) is 0 Å². The quantitative estimate of drug-likeness (QED) is 0.925. The van der Waals surface area contributed by atoms with E-state index in [1.165, 1.54) is 25.7 Å². The zero-order valence-corrected chi connectivity index (χ0v) is 13.1. The Hall–Kier alpha value is -1.36. The summed E-state index contributed by atoms with van der Waals surface area (Å²) in [6, 6.07) is 5.54. The Morgan fingerprint density at radius 3 is 2.71 bits per heavy atom. The van der Waals surface area contributed by atoms with Crippen molar-refractivity contribution in [2.45, 2.75) is 43.1 Å². The Bertz CT molecular complexity index is 514. The molecule has 114 valence electrons. The summed E-state index contributed by atoms with van der Waals surface area (Å²) < 4.78 is 11.0. The van der Waals surface area contributed by atoms with E-state index in [4.69, 9.17) is 9.47 Å². The molecule has 0 spiro atoms. The third-order valence-corrected chi connectivity index (χ3v) is 5.36. The SMILES string of the molecule is C[C@@H](SC1CCCC1)C(=O)Nc1ccc2c(c1)OCCO2. The monoisotopic (exact) mass is 307 g/mol. The van der Waals surface area contributed by atoms with Crippen LogP contribution in [0.3, 0.4) is 0 Å². The van der Waals surface area contributed by atoms with E-state index in [2.05, 4.69) is 5.32 Å². The molecule has 1 atom stereocenters. The van der Waals surface area contributed by atoms with Crippen molar-refractivity contribution in [2.24, 2.45) is 0 Å².